The lowest BCUT2D eigenvalue weighted by Crippen LogP contribution is -2.49. The molecule has 1 amide bonds. The Labute approximate surface area is 135 Å². The van der Waals surface area contributed by atoms with E-state index in [0.717, 1.165) is 42.5 Å². The highest BCUT2D eigenvalue weighted by atomic mass is 19.1. The van der Waals surface area contributed by atoms with E-state index < -0.39 is 5.41 Å². The predicted molar refractivity (Wildman–Crippen MR) is 89.5 cm³/mol. The summed E-state index contributed by atoms with van der Waals surface area (Å²) in [6, 6.07) is 14.1. The van der Waals surface area contributed by atoms with Crippen LogP contribution in [0, 0.1) is 5.82 Å². The standard InChI is InChI=1S/C19H21FN2O/c20-16-4-1-3-15(13-16)19(10-2-11-19)18(23)22-12-9-14-5-7-17(21)8-6-14/h1,3-8,13H,2,9-12,21H2,(H,22,23). The molecule has 0 saturated heterocycles. The van der Waals surface area contributed by atoms with Gasteiger partial charge in [-0.15, -0.1) is 0 Å². The van der Waals surface area contributed by atoms with E-state index >= 15 is 0 Å². The van der Waals surface area contributed by atoms with Gasteiger partial charge >= 0.3 is 0 Å². The second kappa shape index (κ2) is 6.41. The second-order valence-corrected chi connectivity index (χ2v) is 6.19. The normalized spacial score (nSPS) is 15.7. The van der Waals surface area contributed by atoms with Crippen molar-refractivity contribution >= 4 is 11.6 Å². The van der Waals surface area contributed by atoms with Gasteiger partial charge in [0.25, 0.3) is 0 Å². The third-order valence-corrected chi connectivity index (χ3v) is 4.70. The van der Waals surface area contributed by atoms with Crippen LogP contribution in [0.1, 0.15) is 30.4 Å². The first-order valence-electron chi connectivity index (χ1n) is 7.99. The van der Waals surface area contributed by atoms with Gasteiger partial charge in [-0.2, -0.15) is 0 Å². The summed E-state index contributed by atoms with van der Waals surface area (Å²) < 4.78 is 13.5. The SMILES string of the molecule is Nc1ccc(CCNC(=O)C2(c3cccc(F)c3)CCC2)cc1. The molecule has 3 N–H and O–H groups in total. The molecule has 0 spiro atoms. The van der Waals surface area contributed by atoms with Crippen LogP contribution in [0.15, 0.2) is 48.5 Å². The van der Waals surface area contributed by atoms with Crippen molar-refractivity contribution in [2.24, 2.45) is 0 Å². The fraction of sp³-hybridized carbons (Fsp3) is 0.316. The highest BCUT2D eigenvalue weighted by Gasteiger charge is 2.45. The summed E-state index contributed by atoms with van der Waals surface area (Å²) in [7, 11) is 0. The van der Waals surface area contributed by atoms with Crippen molar-refractivity contribution in [3.05, 3.63) is 65.5 Å². The average molecular weight is 312 g/mol. The minimum absolute atomic E-state index is 0.00444. The van der Waals surface area contributed by atoms with E-state index in [4.69, 9.17) is 5.73 Å². The number of amides is 1. The number of carbonyl (C=O) groups is 1. The first-order chi connectivity index (χ1) is 11.1. The van der Waals surface area contributed by atoms with E-state index in [-0.39, 0.29) is 11.7 Å². The van der Waals surface area contributed by atoms with E-state index in [1.165, 1.54) is 12.1 Å². The average Bonchev–Trinajstić information content (AvgIpc) is 2.48. The van der Waals surface area contributed by atoms with Crippen LogP contribution in [0.3, 0.4) is 0 Å². The smallest absolute Gasteiger partial charge is 0.230 e. The lowest BCUT2D eigenvalue weighted by atomic mass is 9.64. The van der Waals surface area contributed by atoms with Crippen LogP contribution >= 0.6 is 0 Å². The van der Waals surface area contributed by atoms with Crippen molar-refractivity contribution in [2.75, 3.05) is 12.3 Å². The third kappa shape index (κ3) is 3.21. The summed E-state index contributed by atoms with van der Waals surface area (Å²) in [6.45, 7) is 0.569. The zero-order chi connectivity index (χ0) is 16.3. The molecular weight excluding hydrogens is 291 g/mol. The number of anilines is 1. The molecule has 2 aromatic rings. The third-order valence-electron chi connectivity index (χ3n) is 4.70. The Hall–Kier alpha value is -2.36. The summed E-state index contributed by atoms with van der Waals surface area (Å²) in [6.07, 6.45) is 3.32. The number of nitrogen functional groups attached to an aromatic ring is 1. The van der Waals surface area contributed by atoms with Crippen molar-refractivity contribution in [3.8, 4) is 0 Å². The Morgan fingerprint density at radius 3 is 2.52 bits per heavy atom. The minimum Gasteiger partial charge on any atom is -0.399 e. The Morgan fingerprint density at radius 1 is 1.17 bits per heavy atom. The van der Waals surface area contributed by atoms with Crippen molar-refractivity contribution in [1.29, 1.82) is 0 Å². The quantitative estimate of drug-likeness (QED) is 0.833. The number of halogens is 1. The molecule has 2 aromatic carbocycles. The molecule has 0 heterocycles. The van der Waals surface area contributed by atoms with E-state index in [0.29, 0.717) is 6.54 Å². The Balaban J connectivity index is 1.63. The van der Waals surface area contributed by atoms with Crippen LogP contribution in [0.2, 0.25) is 0 Å². The molecule has 0 bridgehead atoms. The monoisotopic (exact) mass is 312 g/mol. The highest BCUT2D eigenvalue weighted by Crippen LogP contribution is 2.44. The highest BCUT2D eigenvalue weighted by molar-refractivity contribution is 5.89. The number of nitrogens with one attached hydrogen (secondary N) is 1. The summed E-state index contributed by atoms with van der Waals surface area (Å²) in [5.41, 5.74) is 7.76. The molecule has 0 atom stereocenters. The van der Waals surface area contributed by atoms with Gasteiger partial charge in [0, 0.05) is 12.2 Å². The van der Waals surface area contributed by atoms with Gasteiger partial charge in [0.1, 0.15) is 5.82 Å². The molecule has 0 unspecified atom stereocenters. The summed E-state index contributed by atoms with van der Waals surface area (Å²) in [5, 5.41) is 3.01. The van der Waals surface area contributed by atoms with Gasteiger partial charge in [-0.25, -0.2) is 4.39 Å². The van der Waals surface area contributed by atoms with Gasteiger partial charge in [0.05, 0.1) is 5.41 Å². The first kappa shape index (κ1) is 15.5. The van der Waals surface area contributed by atoms with Crippen LogP contribution < -0.4 is 11.1 Å². The summed E-state index contributed by atoms with van der Waals surface area (Å²) in [5.74, 6) is -0.284. The molecular formula is C19H21FN2O. The summed E-state index contributed by atoms with van der Waals surface area (Å²) >= 11 is 0. The number of benzene rings is 2. The predicted octanol–water partition coefficient (Wildman–Crippen LogP) is 3.19. The largest absolute Gasteiger partial charge is 0.399 e. The van der Waals surface area contributed by atoms with Crippen LogP contribution in [0.4, 0.5) is 10.1 Å². The van der Waals surface area contributed by atoms with Crippen molar-refractivity contribution in [2.45, 2.75) is 31.1 Å². The molecule has 1 aliphatic carbocycles. The number of hydrogen-bond acceptors (Lipinski definition) is 2. The van der Waals surface area contributed by atoms with Crippen LogP contribution in [0.25, 0.3) is 0 Å². The molecule has 1 saturated carbocycles. The lowest BCUT2D eigenvalue weighted by Gasteiger charge is -2.40. The lowest BCUT2D eigenvalue weighted by molar-refractivity contribution is -0.129. The van der Waals surface area contributed by atoms with Gasteiger partial charge in [-0.05, 0) is 54.7 Å². The molecule has 0 radical (unpaired) electrons. The van der Waals surface area contributed by atoms with Crippen LogP contribution in [0.5, 0.6) is 0 Å². The molecule has 120 valence electrons. The van der Waals surface area contributed by atoms with Crippen LogP contribution in [-0.2, 0) is 16.6 Å². The molecule has 0 aliphatic heterocycles. The molecule has 23 heavy (non-hydrogen) atoms. The number of hydrogen-bond donors (Lipinski definition) is 2. The molecule has 0 aromatic heterocycles. The van der Waals surface area contributed by atoms with E-state index in [9.17, 15) is 9.18 Å². The molecule has 3 nitrogen and oxygen atoms in total. The maximum atomic E-state index is 13.5. The maximum Gasteiger partial charge on any atom is 0.230 e. The van der Waals surface area contributed by atoms with Gasteiger partial charge in [-0.1, -0.05) is 30.7 Å². The van der Waals surface area contributed by atoms with Gasteiger partial charge in [0.2, 0.25) is 5.91 Å². The minimum atomic E-state index is -0.552. The number of rotatable bonds is 5. The van der Waals surface area contributed by atoms with Gasteiger partial charge in [0.15, 0.2) is 0 Å². The Morgan fingerprint density at radius 2 is 1.91 bits per heavy atom. The molecule has 1 fully saturated rings. The molecule has 1 aliphatic rings. The van der Waals surface area contributed by atoms with E-state index in [1.54, 1.807) is 6.07 Å². The zero-order valence-electron chi connectivity index (χ0n) is 13.0. The fourth-order valence-electron chi connectivity index (χ4n) is 3.14. The van der Waals surface area contributed by atoms with Crippen molar-refractivity contribution < 1.29 is 9.18 Å². The fourth-order valence-corrected chi connectivity index (χ4v) is 3.14. The molecule has 3 rings (SSSR count). The number of carbonyl (C=O) groups excluding carboxylic acids is 1. The second-order valence-electron chi connectivity index (χ2n) is 6.19. The van der Waals surface area contributed by atoms with Crippen molar-refractivity contribution in [1.82, 2.24) is 5.32 Å². The van der Waals surface area contributed by atoms with Gasteiger partial charge in [-0.3, -0.25) is 4.79 Å². The number of nitrogens with two attached hydrogens (primary N) is 1. The Bertz CT molecular complexity index is 693. The zero-order valence-corrected chi connectivity index (χ0v) is 13.0. The topological polar surface area (TPSA) is 55.1 Å². The van der Waals surface area contributed by atoms with Gasteiger partial charge < -0.3 is 11.1 Å². The molecule has 4 heteroatoms. The van der Waals surface area contributed by atoms with E-state index in [2.05, 4.69) is 5.32 Å². The summed E-state index contributed by atoms with van der Waals surface area (Å²) in [4.78, 5) is 12.6. The van der Waals surface area contributed by atoms with Crippen LogP contribution in [-0.4, -0.2) is 12.5 Å². The van der Waals surface area contributed by atoms with Crippen molar-refractivity contribution in [3.63, 3.8) is 0 Å². The van der Waals surface area contributed by atoms with E-state index in [1.807, 2.05) is 30.3 Å². The Kier molecular flexibility index (Phi) is 4.33. The maximum absolute atomic E-state index is 13.5. The first-order valence-corrected chi connectivity index (χ1v) is 7.99.